The summed E-state index contributed by atoms with van der Waals surface area (Å²) >= 11 is 0. The first-order chi connectivity index (χ1) is 9.40. The molecule has 0 radical (unpaired) electrons. The molecule has 0 spiro atoms. The number of imidazole rings is 1. The third-order valence-electron chi connectivity index (χ3n) is 2.71. The zero-order chi connectivity index (χ0) is 13.7. The van der Waals surface area contributed by atoms with Gasteiger partial charge < -0.3 is 0 Å². The maximum absolute atomic E-state index is 4.57. The standard InChI is InChI=1S/C13H12N4.C2H6/c1-2-10-13(11-6-3-4-8-14-11)17-12(16-10)7-5-9-15-17;1-2/h3-9H,2H2,1H3;1-2H3. The molecule has 0 unspecified atom stereocenters. The van der Waals surface area contributed by atoms with Crippen LogP contribution in [0.15, 0.2) is 42.7 Å². The molecule has 0 fully saturated rings. The van der Waals surface area contributed by atoms with Crippen LogP contribution in [0.3, 0.4) is 0 Å². The van der Waals surface area contributed by atoms with Gasteiger partial charge in [-0.25, -0.2) is 9.50 Å². The van der Waals surface area contributed by atoms with Gasteiger partial charge >= 0.3 is 0 Å². The summed E-state index contributed by atoms with van der Waals surface area (Å²) in [6, 6.07) is 9.72. The van der Waals surface area contributed by atoms with Crippen LogP contribution in [-0.4, -0.2) is 19.6 Å². The first kappa shape index (κ1) is 13.2. The highest BCUT2D eigenvalue weighted by Crippen LogP contribution is 2.22. The van der Waals surface area contributed by atoms with Gasteiger partial charge in [-0.15, -0.1) is 0 Å². The van der Waals surface area contributed by atoms with Crippen LogP contribution in [0.4, 0.5) is 0 Å². The Hall–Kier alpha value is -2.23. The van der Waals surface area contributed by atoms with E-state index in [-0.39, 0.29) is 0 Å². The van der Waals surface area contributed by atoms with Crippen molar-refractivity contribution in [1.82, 2.24) is 19.6 Å². The van der Waals surface area contributed by atoms with Crippen molar-refractivity contribution in [2.75, 3.05) is 0 Å². The molecule has 3 aromatic rings. The van der Waals surface area contributed by atoms with Crippen molar-refractivity contribution in [2.45, 2.75) is 27.2 Å². The molecule has 0 atom stereocenters. The lowest BCUT2D eigenvalue weighted by molar-refractivity contribution is 0.933. The largest absolute Gasteiger partial charge is 0.255 e. The van der Waals surface area contributed by atoms with Crippen molar-refractivity contribution < 1.29 is 0 Å². The third kappa shape index (κ3) is 2.47. The van der Waals surface area contributed by atoms with Crippen LogP contribution in [0.25, 0.3) is 17.0 Å². The van der Waals surface area contributed by atoms with Crippen LogP contribution in [0.1, 0.15) is 26.5 Å². The van der Waals surface area contributed by atoms with Gasteiger partial charge in [0.2, 0.25) is 0 Å². The number of rotatable bonds is 2. The molecule has 0 saturated heterocycles. The van der Waals surface area contributed by atoms with Gasteiger partial charge in [-0.1, -0.05) is 26.8 Å². The second-order valence-electron chi connectivity index (χ2n) is 3.77. The summed E-state index contributed by atoms with van der Waals surface area (Å²) in [6.45, 7) is 6.09. The molecule has 4 heteroatoms. The van der Waals surface area contributed by atoms with E-state index in [9.17, 15) is 0 Å². The lowest BCUT2D eigenvalue weighted by atomic mass is 10.2. The Morgan fingerprint density at radius 2 is 1.89 bits per heavy atom. The molecular weight excluding hydrogens is 236 g/mol. The van der Waals surface area contributed by atoms with Crippen molar-refractivity contribution in [3.05, 3.63) is 48.4 Å². The smallest absolute Gasteiger partial charge is 0.154 e. The minimum absolute atomic E-state index is 0.866. The Balaban J connectivity index is 0.000000637. The number of hydrogen-bond acceptors (Lipinski definition) is 3. The molecule has 4 nitrogen and oxygen atoms in total. The van der Waals surface area contributed by atoms with E-state index in [1.807, 2.05) is 48.7 Å². The summed E-state index contributed by atoms with van der Waals surface area (Å²) in [5.74, 6) is 0. The third-order valence-corrected chi connectivity index (χ3v) is 2.71. The zero-order valence-corrected chi connectivity index (χ0v) is 11.5. The number of fused-ring (bicyclic) bond motifs is 1. The van der Waals surface area contributed by atoms with Crippen molar-refractivity contribution in [2.24, 2.45) is 0 Å². The molecule has 19 heavy (non-hydrogen) atoms. The molecule has 0 N–H and O–H groups in total. The number of aryl methyl sites for hydroxylation is 1. The summed E-state index contributed by atoms with van der Waals surface area (Å²) in [7, 11) is 0. The monoisotopic (exact) mass is 254 g/mol. The maximum atomic E-state index is 4.57. The topological polar surface area (TPSA) is 43.1 Å². The van der Waals surface area contributed by atoms with Gasteiger partial charge in [-0.05, 0) is 30.7 Å². The van der Waals surface area contributed by atoms with Crippen molar-refractivity contribution >= 4 is 5.65 Å². The van der Waals surface area contributed by atoms with E-state index in [0.29, 0.717) is 0 Å². The Bertz CT molecular complexity index is 644. The molecule has 0 aromatic carbocycles. The van der Waals surface area contributed by atoms with Crippen LogP contribution in [0.2, 0.25) is 0 Å². The highest BCUT2D eigenvalue weighted by atomic mass is 15.3. The van der Waals surface area contributed by atoms with Gasteiger partial charge in [0.15, 0.2) is 5.65 Å². The summed E-state index contributed by atoms with van der Waals surface area (Å²) in [5, 5.41) is 4.34. The fourth-order valence-electron chi connectivity index (χ4n) is 1.94. The van der Waals surface area contributed by atoms with E-state index in [1.165, 1.54) is 0 Å². The Kier molecular flexibility index (Phi) is 4.23. The normalized spacial score (nSPS) is 10.1. The van der Waals surface area contributed by atoms with Gasteiger partial charge in [-0.2, -0.15) is 5.10 Å². The van der Waals surface area contributed by atoms with Gasteiger partial charge in [0.1, 0.15) is 5.69 Å². The predicted molar refractivity (Wildman–Crippen MR) is 76.9 cm³/mol. The summed E-state index contributed by atoms with van der Waals surface area (Å²) < 4.78 is 1.85. The van der Waals surface area contributed by atoms with E-state index in [1.54, 1.807) is 12.4 Å². The van der Waals surface area contributed by atoms with E-state index in [0.717, 1.165) is 29.1 Å². The summed E-state index contributed by atoms with van der Waals surface area (Å²) in [6.07, 6.45) is 4.42. The second-order valence-corrected chi connectivity index (χ2v) is 3.77. The number of pyridine rings is 1. The van der Waals surface area contributed by atoms with Crippen molar-refractivity contribution in [3.63, 3.8) is 0 Å². The maximum Gasteiger partial charge on any atom is 0.154 e. The number of nitrogens with zero attached hydrogens (tertiary/aromatic N) is 4. The van der Waals surface area contributed by atoms with Gasteiger partial charge in [0.05, 0.1) is 11.4 Å². The molecule has 0 aliphatic carbocycles. The van der Waals surface area contributed by atoms with Gasteiger partial charge in [-0.3, -0.25) is 4.98 Å². The fourth-order valence-corrected chi connectivity index (χ4v) is 1.94. The molecule has 0 saturated carbocycles. The lowest BCUT2D eigenvalue weighted by Crippen LogP contribution is -1.95. The molecule has 0 bridgehead atoms. The molecule has 3 rings (SSSR count). The number of aromatic nitrogens is 4. The first-order valence-corrected chi connectivity index (χ1v) is 6.64. The molecule has 98 valence electrons. The van der Waals surface area contributed by atoms with E-state index in [4.69, 9.17) is 0 Å². The van der Waals surface area contributed by atoms with Gasteiger partial charge in [0.25, 0.3) is 0 Å². The Labute approximate surface area is 113 Å². The van der Waals surface area contributed by atoms with Crippen molar-refractivity contribution in [3.8, 4) is 11.4 Å². The second kappa shape index (κ2) is 6.09. The van der Waals surface area contributed by atoms with Crippen LogP contribution in [-0.2, 0) is 6.42 Å². The summed E-state index contributed by atoms with van der Waals surface area (Å²) in [5.41, 5.74) is 3.80. The first-order valence-electron chi connectivity index (χ1n) is 6.64. The molecule has 3 heterocycles. The summed E-state index contributed by atoms with van der Waals surface area (Å²) in [4.78, 5) is 8.95. The molecular formula is C15H18N4. The lowest BCUT2D eigenvalue weighted by Gasteiger charge is -2.01. The van der Waals surface area contributed by atoms with Crippen molar-refractivity contribution in [1.29, 1.82) is 0 Å². The van der Waals surface area contributed by atoms with Crippen LogP contribution >= 0.6 is 0 Å². The Morgan fingerprint density at radius 1 is 1.05 bits per heavy atom. The fraction of sp³-hybridized carbons (Fsp3) is 0.267. The van der Waals surface area contributed by atoms with E-state index < -0.39 is 0 Å². The van der Waals surface area contributed by atoms with E-state index >= 15 is 0 Å². The molecule has 0 amide bonds. The minimum atomic E-state index is 0.866. The number of hydrogen-bond donors (Lipinski definition) is 0. The molecule has 3 aromatic heterocycles. The Morgan fingerprint density at radius 3 is 2.58 bits per heavy atom. The van der Waals surface area contributed by atoms with Gasteiger partial charge in [0, 0.05) is 12.4 Å². The van der Waals surface area contributed by atoms with E-state index in [2.05, 4.69) is 22.0 Å². The average molecular weight is 254 g/mol. The molecule has 0 aliphatic heterocycles. The predicted octanol–water partition coefficient (Wildman–Crippen LogP) is 3.38. The SMILES string of the molecule is CC.CCc1nc2cccnn2c1-c1ccccn1. The highest BCUT2D eigenvalue weighted by Gasteiger charge is 2.13. The van der Waals surface area contributed by atoms with Crippen LogP contribution < -0.4 is 0 Å². The molecule has 0 aliphatic rings. The van der Waals surface area contributed by atoms with Crippen LogP contribution in [0.5, 0.6) is 0 Å². The minimum Gasteiger partial charge on any atom is -0.255 e. The highest BCUT2D eigenvalue weighted by molar-refractivity contribution is 5.63. The van der Waals surface area contributed by atoms with Crippen LogP contribution in [0, 0.1) is 0 Å². The quantitative estimate of drug-likeness (QED) is 0.704. The zero-order valence-electron chi connectivity index (χ0n) is 11.5. The average Bonchev–Trinajstić information content (AvgIpc) is 2.88.